The Hall–Kier alpha value is -0.650. The van der Waals surface area contributed by atoms with E-state index in [-0.39, 0.29) is 18.3 Å². The van der Waals surface area contributed by atoms with E-state index in [2.05, 4.69) is 15.7 Å². The summed E-state index contributed by atoms with van der Waals surface area (Å²) in [5.41, 5.74) is 1.09. The summed E-state index contributed by atoms with van der Waals surface area (Å²) >= 11 is 1.72. The molecule has 0 spiro atoms. The molecular formula is C12H20ClN3OS. The summed E-state index contributed by atoms with van der Waals surface area (Å²) in [4.78, 5) is 18.3. The first-order valence-electron chi connectivity index (χ1n) is 6.05. The van der Waals surface area contributed by atoms with Gasteiger partial charge in [-0.3, -0.25) is 4.79 Å². The fraction of sp³-hybridized carbons (Fsp3) is 0.667. The van der Waals surface area contributed by atoms with E-state index in [1.165, 1.54) is 5.01 Å². The molecule has 1 aliphatic heterocycles. The number of likely N-dealkylation sites (tertiary alicyclic amines) is 1. The Morgan fingerprint density at radius 3 is 3.06 bits per heavy atom. The molecule has 0 saturated carbocycles. The van der Waals surface area contributed by atoms with E-state index < -0.39 is 0 Å². The zero-order chi connectivity index (χ0) is 12.3. The molecule has 0 aromatic carbocycles. The number of carbonyl (C=O) groups is 1. The van der Waals surface area contributed by atoms with Crippen molar-refractivity contribution < 1.29 is 4.79 Å². The molecule has 18 heavy (non-hydrogen) atoms. The zero-order valence-corrected chi connectivity index (χ0v) is 12.4. The molecule has 0 radical (unpaired) electrons. The lowest BCUT2D eigenvalue weighted by Gasteiger charge is -2.31. The Kier molecular flexibility index (Phi) is 6.05. The van der Waals surface area contributed by atoms with Gasteiger partial charge in [0.1, 0.15) is 0 Å². The molecule has 1 amide bonds. The first-order valence-corrected chi connectivity index (χ1v) is 6.93. The van der Waals surface area contributed by atoms with Gasteiger partial charge in [0.2, 0.25) is 5.91 Å². The van der Waals surface area contributed by atoms with Gasteiger partial charge in [0.25, 0.3) is 0 Å². The lowest BCUT2D eigenvalue weighted by molar-refractivity contribution is -0.131. The smallest absolute Gasteiger partial charge is 0.236 e. The number of likely N-dealkylation sites (N-methyl/N-ethyl adjacent to an activating group) is 1. The number of rotatable bonds is 3. The van der Waals surface area contributed by atoms with Crippen molar-refractivity contribution in [1.82, 2.24) is 15.2 Å². The van der Waals surface area contributed by atoms with Crippen molar-refractivity contribution in [2.75, 3.05) is 26.7 Å². The number of aryl methyl sites for hydroxylation is 1. The molecule has 0 bridgehead atoms. The van der Waals surface area contributed by atoms with Crippen LogP contribution in [0.3, 0.4) is 0 Å². The average Bonchev–Trinajstić information content (AvgIpc) is 2.76. The number of carbonyl (C=O) groups excluding carboxylic acids is 1. The molecule has 2 rings (SSSR count). The van der Waals surface area contributed by atoms with Gasteiger partial charge in [-0.25, -0.2) is 4.98 Å². The van der Waals surface area contributed by atoms with Gasteiger partial charge < -0.3 is 10.2 Å². The maximum Gasteiger partial charge on any atom is 0.236 e. The highest BCUT2D eigenvalue weighted by Crippen LogP contribution is 2.29. The number of halogens is 1. The van der Waals surface area contributed by atoms with Crippen molar-refractivity contribution in [3.8, 4) is 0 Å². The fourth-order valence-electron chi connectivity index (χ4n) is 2.23. The van der Waals surface area contributed by atoms with Gasteiger partial charge in [0.15, 0.2) is 0 Å². The molecule has 4 nitrogen and oxygen atoms in total. The van der Waals surface area contributed by atoms with Crippen LogP contribution in [0.25, 0.3) is 0 Å². The lowest BCUT2D eigenvalue weighted by atomic mass is 9.98. The number of nitrogens with zero attached hydrogens (tertiary/aromatic N) is 2. The topological polar surface area (TPSA) is 45.2 Å². The molecule has 1 saturated heterocycles. The van der Waals surface area contributed by atoms with Crippen molar-refractivity contribution >= 4 is 29.7 Å². The summed E-state index contributed by atoms with van der Waals surface area (Å²) in [6, 6.07) is 0. The molecule has 1 atom stereocenters. The Labute approximate surface area is 118 Å². The number of nitrogens with one attached hydrogen (secondary N) is 1. The van der Waals surface area contributed by atoms with Crippen molar-refractivity contribution in [1.29, 1.82) is 0 Å². The van der Waals surface area contributed by atoms with E-state index in [0.29, 0.717) is 12.5 Å². The van der Waals surface area contributed by atoms with E-state index in [4.69, 9.17) is 0 Å². The molecule has 2 heterocycles. The molecule has 1 fully saturated rings. The molecule has 0 aliphatic carbocycles. The fourth-order valence-corrected chi connectivity index (χ4v) is 3.15. The first-order chi connectivity index (χ1) is 8.20. The third-order valence-corrected chi connectivity index (χ3v) is 4.21. The maximum atomic E-state index is 11.8. The third-order valence-electron chi connectivity index (χ3n) is 3.09. The highest BCUT2D eigenvalue weighted by Gasteiger charge is 2.25. The van der Waals surface area contributed by atoms with Crippen LogP contribution in [0.2, 0.25) is 0 Å². The number of piperidine rings is 1. The Bertz CT molecular complexity index is 396. The second kappa shape index (κ2) is 7.07. The number of hydrogen-bond donors (Lipinski definition) is 1. The lowest BCUT2D eigenvalue weighted by Crippen LogP contribution is -2.42. The Morgan fingerprint density at radius 2 is 2.44 bits per heavy atom. The summed E-state index contributed by atoms with van der Waals surface area (Å²) < 4.78 is 0. The zero-order valence-electron chi connectivity index (χ0n) is 10.8. The molecule has 6 heteroatoms. The van der Waals surface area contributed by atoms with Crippen LogP contribution < -0.4 is 5.32 Å². The van der Waals surface area contributed by atoms with Crippen LogP contribution in [0, 0.1) is 6.92 Å². The van der Waals surface area contributed by atoms with E-state index in [0.717, 1.165) is 31.6 Å². The molecule has 1 aromatic rings. The van der Waals surface area contributed by atoms with Gasteiger partial charge in [-0.1, -0.05) is 0 Å². The maximum absolute atomic E-state index is 11.8. The van der Waals surface area contributed by atoms with Crippen LogP contribution in [-0.2, 0) is 4.79 Å². The van der Waals surface area contributed by atoms with Gasteiger partial charge in [-0.2, -0.15) is 0 Å². The van der Waals surface area contributed by atoms with Crippen molar-refractivity contribution in [2.24, 2.45) is 0 Å². The van der Waals surface area contributed by atoms with Crippen LogP contribution in [0.4, 0.5) is 0 Å². The number of amides is 1. The van der Waals surface area contributed by atoms with Crippen molar-refractivity contribution in [3.63, 3.8) is 0 Å². The molecule has 1 unspecified atom stereocenters. The highest BCUT2D eigenvalue weighted by atomic mass is 35.5. The monoisotopic (exact) mass is 289 g/mol. The minimum Gasteiger partial charge on any atom is -0.341 e. The molecule has 1 N–H and O–H groups in total. The SMILES string of the molecule is CNCC(=O)N1CCCC(c2nc(C)cs2)C1.Cl. The van der Waals surface area contributed by atoms with Crippen LogP contribution in [-0.4, -0.2) is 42.5 Å². The highest BCUT2D eigenvalue weighted by molar-refractivity contribution is 7.09. The van der Waals surface area contributed by atoms with Gasteiger partial charge in [-0.15, -0.1) is 23.7 Å². The van der Waals surface area contributed by atoms with Crippen LogP contribution in [0.15, 0.2) is 5.38 Å². The van der Waals surface area contributed by atoms with Crippen LogP contribution in [0.1, 0.15) is 29.5 Å². The van der Waals surface area contributed by atoms with Gasteiger partial charge in [0, 0.05) is 30.1 Å². The normalized spacial score (nSPS) is 19.4. The average molecular weight is 290 g/mol. The number of aromatic nitrogens is 1. The second-order valence-corrected chi connectivity index (χ2v) is 5.43. The van der Waals surface area contributed by atoms with E-state index in [1.54, 1.807) is 11.3 Å². The largest absolute Gasteiger partial charge is 0.341 e. The Balaban J connectivity index is 0.00000162. The van der Waals surface area contributed by atoms with Crippen molar-refractivity contribution in [3.05, 3.63) is 16.1 Å². The van der Waals surface area contributed by atoms with E-state index in [9.17, 15) is 4.79 Å². The van der Waals surface area contributed by atoms with Gasteiger partial charge >= 0.3 is 0 Å². The number of hydrogen-bond acceptors (Lipinski definition) is 4. The summed E-state index contributed by atoms with van der Waals surface area (Å²) in [6.07, 6.45) is 2.23. The third kappa shape index (κ3) is 3.67. The van der Waals surface area contributed by atoms with Crippen LogP contribution >= 0.6 is 23.7 Å². The quantitative estimate of drug-likeness (QED) is 0.923. The van der Waals surface area contributed by atoms with Gasteiger partial charge in [-0.05, 0) is 26.8 Å². The minimum atomic E-state index is 0. The van der Waals surface area contributed by atoms with Crippen molar-refractivity contribution in [2.45, 2.75) is 25.7 Å². The summed E-state index contributed by atoms with van der Waals surface area (Å²) in [7, 11) is 1.81. The number of thiazole rings is 1. The van der Waals surface area contributed by atoms with Crippen LogP contribution in [0.5, 0.6) is 0 Å². The second-order valence-electron chi connectivity index (χ2n) is 4.54. The summed E-state index contributed by atoms with van der Waals surface area (Å²) in [5.74, 6) is 0.633. The van der Waals surface area contributed by atoms with Gasteiger partial charge in [0.05, 0.1) is 11.6 Å². The summed E-state index contributed by atoms with van der Waals surface area (Å²) in [5, 5.41) is 6.19. The standard InChI is InChI=1S/C12H19N3OS.ClH/c1-9-8-17-12(14-9)10-4-3-5-15(7-10)11(16)6-13-2;/h8,10,13H,3-7H2,1-2H3;1H. The molecule has 1 aliphatic rings. The molecular weight excluding hydrogens is 270 g/mol. The van der Waals surface area contributed by atoms with E-state index in [1.807, 2.05) is 18.9 Å². The Morgan fingerprint density at radius 1 is 1.67 bits per heavy atom. The minimum absolute atomic E-state index is 0. The molecule has 102 valence electrons. The first kappa shape index (κ1) is 15.4. The summed E-state index contributed by atoms with van der Waals surface area (Å²) in [6.45, 7) is 4.17. The van der Waals surface area contributed by atoms with E-state index >= 15 is 0 Å². The predicted octanol–water partition coefficient (Wildman–Crippen LogP) is 1.80. The predicted molar refractivity (Wildman–Crippen MR) is 76.6 cm³/mol. The molecule has 1 aromatic heterocycles.